The van der Waals surface area contributed by atoms with Crippen LogP contribution in [-0.2, 0) is 35.3 Å². The molecule has 36 heavy (non-hydrogen) atoms. The quantitative estimate of drug-likeness (QED) is 0.590. The van der Waals surface area contributed by atoms with Gasteiger partial charge in [-0.3, -0.25) is 19.2 Å². The third-order valence-corrected chi connectivity index (χ3v) is 7.15. The van der Waals surface area contributed by atoms with Crippen molar-refractivity contribution in [1.29, 1.82) is 0 Å². The topological polar surface area (TPSA) is 125 Å². The standard InChI is InChI=1S/C26H34N4O6/c1-16(2)22-24(33)27-18(26(35)36-15-17-8-4-3-5-9-17)14-21(31)29-12-7-11-20(29)25(34)30-13-6-10-19(30)23(32)28-22/h3-5,8-9,16,18-20,22H,6-7,10-15H2,1-2H3,(H,27,33)(H,28,32)/t18-,19+,20-,22-/m0/s1. The lowest BCUT2D eigenvalue weighted by atomic mass is 10.0. The summed E-state index contributed by atoms with van der Waals surface area (Å²) in [4.78, 5) is 69.2. The number of esters is 1. The highest BCUT2D eigenvalue weighted by molar-refractivity contribution is 5.97. The van der Waals surface area contributed by atoms with Gasteiger partial charge in [-0.05, 0) is 37.2 Å². The molecule has 3 aliphatic rings. The van der Waals surface area contributed by atoms with Gasteiger partial charge in [-0.15, -0.1) is 0 Å². The number of rotatable bonds is 4. The van der Waals surface area contributed by atoms with E-state index in [0.717, 1.165) is 5.56 Å². The number of amides is 4. The van der Waals surface area contributed by atoms with Crippen LogP contribution in [0.2, 0.25) is 0 Å². The number of hydrogen-bond acceptors (Lipinski definition) is 6. The molecule has 10 heteroatoms. The second kappa shape index (κ2) is 11.1. The highest BCUT2D eigenvalue weighted by Gasteiger charge is 2.44. The van der Waals surface area contributed by atoms with Crippen molar-refractivity contribution in [3.05, 3.63) is 35.9 Å². The number of nitrogens with one attached hydrogen (secondary N) is 2. The van der Waals surface area contributed by atoms with Crippen LogP contribution in [-0.4, -0.2) is 76.7 Å². The van der Waals surface area contributed by atoms with E-state index in [0.29, 0.717) is 38.8 Å². The second-order valence-corrected chi connectivity index (χ2v) is 10.0. The van der Waals surface area contributed by atoms with E-state index in [1.54, 1.807) is 30.9 Å². The SMILES string of the molecule is CC(C)[C@@H]1NC(=O)[C@H]2CCCN2C(=O)[C@@H]2CCCN2C(=O)C[C@@H](C(=O)OCc2ccccc2)NC1=O. The van der Waals surface area contributed by atoms with Crippen LogP contribution in [0.15, 0.2) is 30.3 Å². The van der Waals surface area contributed by atoms with E-state index in [1.165, 1.54) is 4.90 Å². The highest BCUT2D eigenvalue weighted by atomic mass is 16.5. The Hall–Kier alpha value is -3.43. The summed E-state index contributed by atoms with van der Waals surface area (Å²) in [7, 11) is 0. The number of ether oxygens (including phenoxy) is 1. The smallest absolute Gasteiger partial charge is 0.329 e. The fraction of sp³-hybridized carbons (Fsp3) is 0.577. The molecule has 0 aliphatic carbocycles. The van der Waals surface area contributed by atoms with Crippen LogP contribution < -0.4 is 10.6 Å². The third-order valence-electron chi connectivity index (χ3n) is 7.15. The van der Waals surface area contributed by atoms with Gasteiger partial charge in [-0.2, -0.15) is 0 Å². The van der Waals surface area contributed by atoms with E-state index in [2.05, 4.69) is 10.6 Å². The van der Waals surface area contributed by atoms with Gasteiger partial charge in [0.1, 0.15) is 30.8 Å². The molecule has 4 atom stereocenters. The number of fused-ring (bicyclic) bond motifs is 2. The van der Waals surface area contributed by atoms with E-state index in [9.17, 15) is 24.0 Å². The molecule has 0 bridgehead atoms. The van der Waals surface area contributed by atoms with Crippen LogP contribution in [0.1, 0.15) is 51.5 Å². The first kappa shape index (κ1) is 25.7. The van der Waals surface area contributed by atoms with Crippen molar-refractivity contribution < 1.29 is 28.7 Å². The summed E-state index contributed by atoms with van der Waals surface area (Å²) >= 11 is 0. The van der Waals surface area contributed by atoms with Gasteiger partial charge in [-0.25, -0.2) is 4.79 Å². The average molecular weight is 499 g/mol. The summed E-state index contributed by atoms with van der Waals surface area (Å²) < 4.78 is 5.44. The van der Waals surface area contributed by atoms with Crippen molar-refractivity contribution in [2.75, 3.05) is 13.1 Å². The van der Waals surface area contributed by atoms with E-state index in [1.807, 2.05) is 18.2 Å². The lowest BCUT2D eigenvalue weighted by Gasteiger charge is -2.31. The van der Waals surface area contributed by atoms with E-state index in [4.69, 9.17) is 4.74 Å². The average Bonchev–Trinajstić information content (AvgIpc) is 3.55. The van der Waals surface area contributed by atoms with Gasteiger partial charge in [0.25, 0.3) is 0 Å². The Morgan fingerprint density at radius 3 is 2.31 bits per heavy atom. The molecule has 0 unspecified atom stereocenters. The molecule has 3 heterocycles. The number of carbonyl (C=O) groups is 5. The molecule has 194 valence electrons. The summed E-state index contributed by atoms with van der Waals surface area (Å²) in [6.45, 7) is 4.37. The summed E-state index contributed by atoms with van der Waals surface area (Å²) in [5, 5.41) is 5.44. The molecule has 4 rings (SSSR count). The van der Waals surface area contributed by atoms with Crippen molar-refractivity contribution in [2.45, 2.75) is 76.7 Å². The highest BCUT2D eigenvalue weighted by Crippen LogP contribution is 2.26. The number of nitrogens with zero attached hydrogens (tertiary/aromatic N) is 2. The maximum atomic E-state index is 13.4. The van der Waals surface area contributed by atoms with Crippen molar-refractivity contribution in [3.63, 3.8) is 0 Å². The fourth-order valence-electron chi connectivity index (χ4n) is 5.18. The Labute approximate surface area is 210 Å². The van der Waals surface area contributed by atoms with E-state index >= 15 is 0 Å². The molecule has 10 nitrogen and oxygen atoms in total. The molecule has 3 aliphatic heterocycles. The van der Waals surface area contributed by atoms with Gasteiger partial charge in [-0.1, -0.05) is 44.2 Å². The van der Waals surface area contributed by atoms with E-state index in [-0.39, 0.29) is 24.9 Å². The van der Waals surface area contributed by atoms with Crippen LogP contribution in [0.5, 0.6) is 0 Å². The number of hydrogen-bond donors (Lipinski definition) is 2. The fourth-order valence-corrected chi connectivity index (χ4v) is 5.18. The molecule has 0 radical (unpaired) electrons. The Bertz CT molecular complexity index is 1000. The molecule has 1 aromatic carbocycles. The van der Waals surface area contributed by atoms with Crippen LogP contribution in [0.4, 0.5) is 0 Å². The first-order valence-corrected chi connectivity index (χ1v) is 12.7. The minimum Gasteiger partial charge on any atom is -0.459 e. The summed E-state index contributed by atoms with van der Waals surface area (Å²) in [6, 6.07) is 5.55. The van der Waals surface area contributed by atoms with Gasteiger partial charge in [0.2, 0.25) is 23.6 Å². The van der Waals surface area contributed by atoms with Crippen LogP contribution in [0.25, 0.3) is 0 Å². The Balaban J connectivity index is 1.61. The molecular formula is C26H34N4O6. The summed E-state index contributed by atoms with van der Waals surface area (Å²) in [6.07, 6.45) is 2.00. The van der Waals surface area contributed by atoms with Crippen LogP contribution >= 0.6 is 0 Å². The molecule has 1 aromatic rings. The largest absolute Gasteiger partial charge is 0.459 e. The Morgan fingerprint density at radius 2 is 1.61 bits per heavy atom. The van der Waals surface area contributed by atoms with Gasteiger partial charge < -0.3 is 25.2 Å². The van der Waals surface area contributed by atoms with Gasteiger partial charge in [0, 0.05) is 13.1 Å². The second-order valence-electron chi connectivity index (χ2n) is 10.0. The molecule has 0 aromatic heterocycles. The van der Waals surface area contributed by atoms with Gasteiger partial charge in [0.05, 0.1) is 6.42 Å². The monoisotopic (exact) mass is 498 g/mol. The maximum absolute atomic E-state index is 13.4. The van der Waals surface area contributed by atoms with Gasteiger partial charge >= 0.3 is 5.97 Å². The first-order valence-electron chi connectivity index (χ1n) is 12.7. The molecule has 3 fully saturated rings. The zero-order valence-electron chi connectivity index (χ0n) is 20.8. The Kier molecular flexibility index (Phi) is 7.91. The maximum Gasteiger partial charge on any atom is 0.329 e. The molecule has 0 spiro atoms. The molecule has 3 saturated heterocycles. The Morgan fingerprint density at radius 1 is 0.944 bits per heavy atom. The van der Waals surface area contributed by atoms with E-state index < -0.39 is 47.9 Å². The number of carbonyl (C=O) groups excluding carboxylic acids is 5. The first-order chi connectivity index (χ1) is 17.3. The van der Waals surface area contributed by atoms with Crippen molar-refractivity contribution >= 4 is 29.6 Å². The third kappa shape index (κ3) is 5.52. The molecule has 0 saturated carbocycles. The van der Waals surface area contributed by atoms with Crippen LogP contribution in [0.3, 0.4) is 0 Å². The van der Waals surface area contributed by atoms with Crippen molar-refractivity contribution in [2.24, 2.45) is 5.92 Å². The van der Waals surface area contributed by atoms with Gasteiger partial charge in [0.15, 0.2) is 0 Å². The number of benzene rings is 1. The lowest BCUT2D eigenvalue weighted by molar-refractivity contribution is -0.152. The van der Waals surface area contributed by atoms with Crippen LogP contribution in [0, 0.1) is 5.92 Å². The molecule has 4 amide bonds. The minimum absolute atomic E-state index is 0.00789. The predicted octanol–water partition coefficient (Wildman–Crippen LogP) is 0.741. The zero-order chi connectivity index (χ0) is 25.8. The lowest BCUT2D eigenvalue weighted by Crippen LogP contribution is -2.57. The predicted molar refractivity (Wildman–Crippen MR) is 129 cm³/mol. The normalized spacial score (nSPS) is 27.4. The molecule has 2 N–H and O–H groups in total. The summed E-state index contributed by atoms with van der Waals surface area (Å²) in [5.41, 5.74) is 0.770. The summed E-state index contributed by atoms with van der Waals surface area (Å²) in [5.74, 6) is -2.64. The molecular weight excluding hydrogens is 464 g/mol. The van der Waals surface area contributed by atoms with Crippen molar-refractivity contribution in [3.8, 4) is 0 Å². The minimum atomic E-state index is -1.25. The zero-order valence-corrected chi connectivity index (χ0v) is 20.8. The van der Waals surface area contributed by atoms with Crippen molar-refractivity contribution in [1.82, 2.24) is 20.4 Å².